The third-order valence-corrected chi connectivity index (χ3v) is 2.61. The fourth-order valence-corrected chi connectivity index (χ4v) is 1.54. The molecule has 0 N–H and O–H groups in total. The average Bonchev–Trinajstić information content (AvgIpc) is 2.45. The Labute approximate surface area is 100 Å². The lowest BCUT2D eigenvalue weighted by Gasteiger charge is -2.05. The van der Waals surface area contributed by atoms with Gasteiger partial charge in [-0.05, 0) is 32.4 Å². The second-order valence-electron chi connectivity index (χ2n) is 4.26. The van der Waals surface area contributed by atoms with Crippen molar-refractivity contribution in [3.05, 3.63) is 11.6 Å². The van der Waals surface area contributed by atoms with E-state index in [1.54, 1.807) is 0 Å². The topological polar surface area (TPSA) is 30.2 Å². The van der Waals surface area contributed by atoms with Crippen molar-refractivity contribution in [1.29, 1.82) is 0 Å². The zero-order chi connectivity index (χ0) is 12.3. The third kappa shape index (κ3) is 2.68. The van der Waals surface area contributed by atoms with E-state index in [2.05, 4.69) is 45.7 Å². The average molecular weight is 213 g/mol. The highest BCUT2D eigenvalue weighted by Gasteiger charge is 2.09. The maximum absolute atomic E-state index is 4.52. The standard InChI is InChI=1S/C10H18B3N3/c1-4-14-7(5-6(2)3)16-10(13)8(11)9(12)15-16/h5H,4,11-13H2,1-3H3/b14-7+. The molecule has 0 fully saturated rings. The zero-order valence-electron chi connectivity index (χ0n) is 11.1. The summed E-state index contributed by atoms with van der Waals surface area (Å²) in [6, 6.07) is 0. The monoisotopic (exact) mass is 213 g/mol. The van der Waals surface area contributed by atoms with E-state index < -0.39 is 0 Å². The molecular weight excluding hydrogens is 195 g/mol. The lowest BCUT2D eigenvalue weighted by Crippen LogP contribution is -2.37. The molecule has 1 aromatic heterocycles. The normalized spacial score (nSPS) is 11.6. The van der Waals surface area contributed by atoms with Crippen molar-refractivity contribution >= 4 is 46.0 Å². The highest BCUT2D eigenvalue weighted by molar-refractivity contribution is 6.56. The predicted molar refractivity (Wildman–Crippen MR) is 79.6 cm³/mol. The molecule has 0 aliphatic rings. The Morgan fingerprint density at radius 1 is 1.38 bits per heavy atom. The number of hydrogen-bond donors (Lipinski definition) is 0. The number of hydrogen-bond acceptors (Lipinski definition) is 2. The molecule has 0 unspecified atom stereocenters. The summed E-state index contributed by atoms with van der Waals surface area (Å²) < 4.78 is 1.93. The number of aromatic nitrogens is 2. The molecule has 0 saturated heterocycles. The van der Waals surface area contributed by atoms with Gasteiger partial charge in [-0.25, -0.2) is 4.68 Å². The van der Waals surface area contributed by atoms with Gasteiger partial charge in [0.05, 0.1) is 0 Å². The molecule has 0 atom stereocenters. The van der Waals surface area contributed by atoms with E-state index in [0.717, 1.165) is 18.0 Å². The Morgan fingerprint density at radius 3 is 2.38 bits per heavy atom. The summed E-state index contributed by atoms with van der Waals surface area (Å²) in [6.07, 6.45) is 2.07. The number of aliphatic imine (C=N–C) groups is 1. The van der Waals surface area contributed by atoms with Crippen LogP contribution in [0.15, 0.2) is 16.6 Å². The second kappa shape index (κ2) is 5.24. The fourth-order valence-electron chi connectivity index (χ4n) is 1.54. The largest absolute Gasteiger partial charge is 0.267 e. The lowest BCUT2D eigenvalue weighted by atomic mass is 9.80. The van der Waals surface area contributed by atoms with Crippen molar-refractivity contribution in [3.63, 3.8) is 0 Å². The summed E-state index contributed by atoms with van der Waals surface area (Å²) in [5, 5.41) is 4.52. The van der Waals surface area contributed by atoms with Crippen molar-refractivity contribution < 1.29 is 0 Å². The van der Waals surface area contributed by atoms with Crippen LogP contribution in [0.4, 0.5) is 0 Å². The molecule has 0 amide bonds. The van der Waals surface area contributed by atoms with Crippen molar-refractivity contribution in [2.75, 3.05) is 6.54 Å². The van der Waals surface area contributed by atoms with E-state index in [1.165, 1.54) is 16.6 Å². The van der Waals surface area contributed by atoms with Crippen LogP contribution >= 0.6 is 0 Å². The van der Waals surface area contributed by atoms with Crippen LogP contribution in [0.5, 0.6) is 0 Å². The summed E-state index contributed by atoms with van der Waals surface area (Å²) in [4.78, 5) is 4.49. The summed E-state index contributed by atoms with van der Waals surface area (Å²) in [7, 11) is 6.21. The Hall–Kier alpha value is -1.19. The molecular formula is C10H18B3N3. The van der Waals surface area contributed by atoms with E-state index in [-0.39, 0.29) is 0 Å². The van der Waals surface area contributed by atoms with E-state index >= 15 is 0 Å². The number of rotatable bonds is 2. The van der Waals surface area contributed by atoms with Gasteiger partial charge in [-0.3, -0.25) is 4.99 Å². The van der Waals surface area contributed by atoms with Crippen molar-refractivity contribution in [3.8, 4) is 0 Å². The van der Waals surface area contributed by atoms with Crippen LogP contribution in [0, 0.1) is 0 Å². The Bertz CT molecular complexity index is 442. The van der Waals surface area contributed by atoms with Gasteiger partial charge in [0.15, 0.2) is 15.7 Å². The molecule has 0 radical (unpaired) electrons. The first-order valence-corrected chi connectivity index (χ1v) is 5.70. The van der Waals surface area contributed by atoms with Gasteiger partial charge in [0, 0.05) is 12.1 Å². The van der Waals surface area contributed by atoms with Crippen LogP contribution in [-0.4, -0.2) is 45.7 Å². The molecule has 0 saturated carbocycles. The van der Waals surface area contributed by atoms with Gasteiger partial charge >= 0.3 is 0 Å². The Morgan fingerprint density at radius 2 is 2.00 bits per heavy atom. The maximum atomic E-state index is 4.52. The van der Waals surface area contributed by atoms with E-state index in [1.807, 2.05) is 19.5 Å². The van der Waals surface area contributed by atoms with Gasteiger partial charge < -0.3 is 0 Å². The van der Waals surface area contributed by atoms with Gasteiger partial charge in [0.1, 0.15) is 13.7 Å². The molecule has 16 heavy (non-hydrogen) atoms. The minimum absolute atomic E-state index is 0.774. The molecule has 0 bridgehead atoms. The van der Waals surface area contributed by atoms with E-state index in [9.17, 15) is 0 Å². The first-order valence-electron chi connectivity index (χ1n) is 5.70. The van der Waals surface area contributed by atoms with E-state index in [4.69, 9.17) is 0 Å². The van der Waals surface area contributed by atoms with Gasteiger partial charge in [-0.1, -0.05) is 11.0 Å². The summed E-state index contributed by atoms with van der Waals surface area (Å²) in [5.41, 5.74) is 4.72. The Kier molecular flexibility index (Phi) is 4.22. The molecule has 1 rings (SSSR count). The lowest BCUT2D eigenvalue weighted by molar-refractivity contribution is 0.954. The molecule has 0 aliphatic carbocycles. The second-order valence-corrected chi connectivity index (χ2v) is 4.26. The first kappa shape index (κ1) is 12.9. The molecule has 0 spiro atoms. The van der Waals surface area contributed by atoms with Gasteiger partial charge in [-0.2, -0.15) is 5.10 Å². The van der Waals surface area contributed by atoms with Crippen LogP contribution in [0.3, 0.4) is 0 Å². The van der Waals surface area contributed by atoms with Crippen molar-refractivity contribution in [2.45, 2.75) is 20.8 Å². The zero-order valence-corrected chi connectivity index (χ0v) is 11.1. The van der Waals surface area contributed by atoms with Crippen LogP contribution in [0.25, 0.3) is 0 Å². The summed E-state index contributed by atoms with van der Waals surface area (Å²) >= 11 is 0. The van der Waals surface area contributed by atoms with Crippen molar-refractivity contribution in [2.24, 2.45) is 4.99 Å². The number of nitrogens with zero attached hydrogens (tertiary/aromatic N) is 3. The van der Waals surface area contributed by atoms with Gasteiger partial charge in [0.2, 0.25) is 0 Å². The Balaban J connectivity index is 3.28. The third-order valence-electron chi connectivity index (χ3n) is 2.61. The summed E-state index contributed by atoms with van der Waals surface area (Å²) in [6.45, 7) is 6.96. The molecule has 0 aromatic carbocycles. The quantitative estimate of drug-likeness (QED) is 0.290. The molecule has 1 aromatic rings. The first-order chi connectivity index (χ1) is 7.47. The van der Waals surface area contributed by atoms with Crippen LogP contribution in [-0.2, 0) is 0 Å². The fraction of sp³-hybridized carbons (Fsp3) is 0.400. The molecule has 6 heteroatoms. The number of allylic oxidation sites excluding steroid dienone is 2. The highest BCUT2D eigenvalue weighted by Crippen LogP contribution is 1.93. The smallest absolute Gasteiger partial charge is 0.165 e. The highest BCUT2D eigenvalue weighted by atomic mass is 15.3. The molecule has 0 aliphatic heterocycles. The minimum Gasteiger partial charge on any atom is -0.267 e. The van der Waals surface area contributed by atoms with Crippen LogP contribution < -0.4 is 16.6 Å². The molecule has 1 heterocycles. The maximum Gasteiger partial charge on any atom is 0.165 e. The van der Waals surface area contributed by atoms with Crippen LogP contribution in [0.1, 0.15) is 20.8 Å². The molecule has 82 valence electrons. The van der Waals surface area contributed by atoms with Crippen LogP contribution in [0.2, 0.25) is 0 Å². The van der Waals surface area contributed by atoms with E-state index in [0.29, 0.717) is 0 Å². The van der Waals surface area contributed by atoms with Gasteiger partial charge in [0.25, 0.3) is 0 Å². The molecule has 3 nitrogen and oxygen atoms in total. The summed E-state index contributed by atoms with van der Waals surface area (Å²) in [5.74, 6) is 0.927. The minimum atomic E-state index is 0.774. The van der Waals surface area contributed by atoms with Crippen molar-refractivity contribution in [1.82, 2.24) is 9.78 Å². The predicted octanol–water partition coefficient (Wildman–Crippen LogP) is -3.11. The van der Waals surface area contributed by atoms with Gasteiger partial charge in [-0.15, -0.1) is 0 Å². The SMILES string of the molecule is Bc1nn(/C(C=C(C)C)=N/CC)c(B)c1B.